The molecule has 4 rings (SSSR count). The predicted molar refractivity (Wildman–Crippen MR) is 109 cm³/mol. The second kappa shape index (κ2) is 8.14. The van der Waals surface area contributed by atoms with Crippen molar-refractivity contribution in [2.24, 2.45) is 0 Å². The van der Waals surface area contributed by atoms with E-state index in [1.165, 1.54) is 5.56 Å². The van der Waals surface area contributed by atoms with E-state index in [1.54, 1.807) is 0 Å². The molecule has 138 valence electrons. The van der Waals surface area contributed by atoms with Crippen molar-refractivity contribution in [3.05, 3.63) is 66.4 Å². The van der Waals surface area contributed by atoms with E-state index in [2.05, 4.69) is 60.6 Å². The average Bonchev–Trinajstić information content (AvgIpc) is 2.75. The first-order valence-electron chi connectivity index (χ1n) is 9.31. The molecule has 0 amide bonds. The zero-order chi connectivity index (χ0) is 18.5. The van der Waals surface area contributed by atoms with Crippen LogP contribution in [0.2, 0.25) is 0 Å². The topological polar surface area (TPSA) is 57.2 Å². The molecule has 0 atom stereocenters. The molecule has 0 bridgehead atoms. The average molecular weight is 360 g/mol. The largest absolute Gasteiger partial charge is 0.373 e. The molecule has 2 aromatic heterocycles. The van der Waals surface area contributed by atoms with Gasteiger partial charge in [-0.1, -0.05) is 36.4 Å². The second-order valence-corrected chi connectivity index (χ2v) is 6.67. The quantitative estimate of drug-likeness (QED) is 0.755. The van der Waals surface area contributed by atoms with E-state index >= 15 is 0 Å². The molecule has 6 heteroatoms. The van der Waals surface area contributed by atoms with Crippen LogP contribution in [0, 0.1) is 0 Å². The summed E-state index contributed by atoms with van der Waals surface area (Å²) >= 11 is 0. The number of piperazine rings is 1. The fourth-order valence-corrected chi connectivity index (χ4v) is 3.42. The smallest absolute Gasteiger partial charge is 0.151 e. The third-order valence-electron chi connectivity index (χ3n) is 4.94. The minimum atomic E-state index is 0.911. The molecular weight excluding hydrogens is 336 g/mol. The molecule has 0 spiro atoms. The SMILES string of the molecule is CNc1ncccc1CN1CCN(c2ccc(-c3ccccc3)nn2)CC1. The van der Waals surface area contributed by atoms with E-state index in [0.29, 0.717) is 0 Å². The third-order valence-corrected chi connectivity index (χ3v) is 4.94. The standard InChI is InChI=1S/C21H24N6/c1-22-21-18(8-5-11-23-21)16-26-12-14-27(15-13-26)20-10-9-19(24-25-20)17-6-3-2-4-7-17/h2-11H,12-16H2,1H3,(H,22,23). The van der Waals surface area contributed by atoms with Gasteiger partial charge in [0.25, 0.3) is 0 Å². The molecule has 1 fully saturated rings. The van der Waals surface area contributed by atoms with Gasteiger partial charge >= 0.3 is 0 Å². The highest BCUT2D eigenvalue weighted by atomic mass is 15.3. The van der Waals surface area contributed by atoms with Crippen LogP contribution in [0.1, 0.15) is 5.56 Å². The third kappa shape index (κ3) is 4.06. The van der Waals surface area contributed by atoms with Gasteiger partial charge in [-0.25, -0.2) is 4.98 Å². The molecule has 0 aliphatic carbocycles. The first-order valence-corrected chi connectivity index (χ1v) is 9.31. The molecule has 27 heavy (non-hydrogen) atoms. The monoisotopic (exact) mass is 360 g/mol. The van der Waals surface area contributed by atoms with Gasteiger partial charge in [0.2, 0.25) is 0 Å². The molecule has 3 aromatic rings. The van der Waals surface area contributed by atoms with Crippen LogP contribution in [0.25, 0.3) is 11.3 Å². The van der Waals surface area contributed by atoms with Crippen molar-refractivity contribution in [3.8, 4) is 11.3 Å². The maximum Gasteiger partial charge on any atom is 0.151 e. The summed E-state index contributed by atoms with van der Waals surface area (Å²) in [6.07, 6.45) is 1.82. The maximum absolute atomic E-state index is 4.45. The molecule has 1 saturated heterocycles. The summed E-state index contributed by atoms with van der Waals surface area (Å²) in [5.74, 6) is 1.91. The van der Waals surface area contributed by atoms with Crippen molar-refractivity contribution < 1.29 is 0 Å². The van der Waals surface area contributed by atoms with Gasteiger partial charge in [-0.3, -0.25) is 4.90 Å². The molecule has 3 heterocycles. The van der Waals surface area contributed by atoms with Crippen LogP contribution in [0.5, 0.6) is 0 Å². The van der Waals surface area contributed by atoms with Crippen LogP contribution in [-0.2, 0) is 6.54 Å². The summed E-state index contributed by atoms with van der Waals surface area (Å²) in [7, 11) is 1.92. The Morgan fingerprint density at radius 2 is 1.70 bits per heavy atom. The summed E-state index contributed by atoms with van der Waals surface area (Å²) in [5, 5.41) is 12.0. The van der Waals surface area contributed by atoms with Gasteiger partial charge in [-0.2, -0.15) is 0 Å². The molecule has 0 saturated carbocycles. The lowest BCUT2D eigenvalue weighted by molar-refractivity contribution is 0.249. The lowest BCUT2D eigenvalue weighted by atomic mass is 10.1. The number of hydrogen-bond donors (Lipinski definition) is 1. The number of nitrogens with zero attached hydrogens (tertiary/aromatic N) is 5. The normalized spacial score (nSPS) is 14.9. The fraction of sp³-hybridized carbons (Fsp3) is 0.286. The van der Waals surface area contributed by atoms with Crippen molar-refractivity contribution in [2.75, 3.05) is 43.4 Å². The van der Waals surface area contributed by atoms with Gasteiger partial charge in [0.15, 0.2) is 5.82 Å². The van der Waals surface area contributed by atoms with Crippen molar-refractivity contribution >= 4 is 11.6 Å². The van der Waals surface area contributed by atoms with Gasteiger partial charge in [-0.05, 0) is 18.2 Å². The predicted octanol–water partition coefficient (Wildman–Crippen LogP) is 2.90. The van der Waals surface area contributed by atoms with Crippen molar-refractivity contribution in [1.82, 2.24) is 20.1 Å². The summed E-state index contributed by atoms with van der Waals surface area (Å²) in [6, 6.07) is 18.4. The van der Waals surface area contributed by atoms with E-state index in [-0.39, 0.29) is 0 Å². The van der Waals surface area contributed by atoms with Gasteiger partial charge in [0, 0.05) is 57.1 Å². The lowest BCUT2D eigenvalue weighted by Gasteiger charge is -2.35. The van der Waals surface area contributed by atoms with Gasteiger partial charge in [-0.15, -0.1) is 10.2 Å². The Morgan fingerprint density at radius 3 is 2.41 bits per heavy atom. The Bertz CT molecular complexity index is 857. The zero-order valence-electron chi connectivity index (χ0n) is 15.5. The highest BCUT2D eigenvalue weighted by Crippen LogP contribution is 2.20. The van der Waals surface area contributed by atoms with Crippen molar-refractivity contribution in [3.63, 3.8) is 0 Å². The van der Waals surface area contributed by atoms with E-state index in [0.717, 1.165) is 55.6 Å². The van der Waals surface area contributed by atoms with E-state index in [1.807, 2.05) is 37.5 Å². The fourth-order valence-electron chi connectivity index (χ4n) is 3.42. The highest BCUT2D eigenvalue weighted by molar-refractivity contribution is 5.59. The molecule has 1 N–H and O–H groups in total. The molecule has 1 aliphatic heterocycles. The Morgan fingerprint density at radius 1 is 0.889 bits per heavy atom. The Kier molecular flexibility index (Phi) is 5.25. The van der Waals surface area contributed by atoms with Crippen LogP contribution < -0.4 is 10.2 Å². The Hall–Kier alpha value is -2.99. The lowest BCUT2D eigenvalue weighted by Crippen LogP contribution is -2.46. The molecule has 6 nitrogen and oxygen atoms in total. The molecule has 1 aliphatic rings. The van der Waals surface area contributed by atoms with Crippen LogP contribution >= 0.6 is 0 Å². The van der Waals surface area contributed by atoms with Crippen LogP contribution in [0.3, 0.4) is 0 Å². The summed E-state index contributed by atoms with van der Waals surface area (Å²) in [6.45, 7) is 4.82. The summed E-state index contributed by atoms with van der Waals surface area (Å²) in [4.78, 5) is 9.16. The number of anilines is 2. The van der Waals surface area contributed by atoms with Gasteiger partial charge in [0.05, 0.1) is 5.69 Å². The second-order valence-electron chi connectivity index (χ2n) is 6.67. The number of rotatable bonds is 5. The molecule has 0 radical (unpaired) electrons. The first kappa shape index (κ1) is 17.4. The molecular formula is C21H24N6. The summed E-state index contributed by atoms with van der Waals surface area (Å²) < 4.78 is 0. The zero-order valence-corrected chi connectivity index (χ0v) is 15.5. The minimum absolute atomic E-state index is 0.911. The Balaban J connectivity index is 1.36. The highest BCUT2D eigenvalue weighted by Gasteiger charge is 2.19. The van der Waals surface area contributed by atoms with E-state index in [9.17, 15) is 0 Å². The van der Waals surface area contributed by atoms with Crippen molar-refractivity contribution in [1.29, 1.82) is 0 Å². The Labute approximate surface area is 159 Å². The number of benzene rings is 1. The minimum Gasteiger partial charge on any atom is -0.373 e. The van der Waals surface area contributed by atoms with E-state index < -0.39 is 0 Å². The van der Waals surface area contributed by atoms with Crippen LogP contribution in [0.15, 0.2) is 60.8 Å². The summed E-state index contributed by atoms with van der Waals surface area (Å²) in [5.41, 5.74) is 3.24. The number of aromatic nitrogens is 3. The van der Waals surface area contributed by atoms with Gasteiger partial charge < -0.3 is 10.2 Å². The first-order chi connectivity index (χ1) is 13.3. The molecule has 0 unspecified atom stereocenters. The molecule has 1 aromatic carbocycles. The number of hydrogen-bond acceptors (Lipinski definition) is 6. The van der Waals surface area contributed by atoms with Crippen LogP contribution in [0.4, 0.5) is 11.6 Å². The number of nitrogens with one attached hydrogen (secondary N) is 1. The number of pyridine rings is 1. The van der Waals surface area contributed by atoms with Crippen LogP contribution in [-0.4, -0.2) is 53.3 Å². The van der Waals surface area contributed by atoms with Gasteiger partial charge in [0.1, 0.15) is 5.82 Å². The maximum atomic E-state index is 4.45. The van der Waals surface area contributed by atoms with Crippen molar-refractivity contribution in [2.45, 2.75) is 6.54 Å². The van der Waals surface area contributed by atoms with E-state index in [4.69, 9.17) is 0 Å².